The highest BCUT2D eigenvalue weighted by Crippen LogP contribution is 2.17. The van der Waals surface area contributed by atoms with Gasteiger partial charge in [-0.3, -0.25) is 0 Å². The van der Waals surface area contributed by atoms with Crippen molar-refractivity contribution in [2.45, 2.75) is 40.2 Å². The quantitative estimate of drug-likeness (QED) is 0.796. The summed E-state index contributed by atoms with van der Waals surface area (Å²) in [6, 6.07) is 4.30. The SMILES string of the molecule is CNc1cc(CNCC(C)C)cc(C(C)C)n1. The molecule has 0 aromatic carbocycles. The van der Waals surface area contributed by atoms with Crippen molar-refractivity contribution in [1.29, 1.82) is 0 Å². The molecule has 0 radical (unpaired) electrons. The third-order valence-corrected chi connectivity index (χ3v) is 2.63. The van der Waals surface area contributed by atoms with Crippen LogP contribution < -0.4 is 10.6 Å². The molecule has 1 aromatic rings. The lowest BCUT2D eigenvalue weighted by Crippen LogP contribution is -2.19. The van der Waals surface area contributed by atoms with E-state index in [1.54, 1.807) is 0 Å². The average Bonchev–Trinajstić information content (AvgIpc) is 2.28. The molecule has 3 nitrogen and oxygen atoms in total. The Morgan fingerprint density at radius 2 is 1.88 bits per heavy atom. The average molecular weight is 235 g/mol. The summed E-state index contributed by atoms with van der Waals surface area (Å²) in [6.45, 7) is 10.7. The summed E-state index contributed by atoms with van der Waals surface area (Å²) in [7, 11) is 1.91. The van der Waals surface area contributed by atoms with Crippen LogP contribution in [0.3, 0.4) is 0 Å². The molecule has 17 heavy (non-hydrogen) atoms. The fourth-order valence-electron chi connectivity index (χ4n) is 1.64. The van der Waals surface area contributed by atoms with Gasteiger partial charge in [0.25, 0.3) is 0 Å². The van der Waals surface area contributed by atoms with E-state index in [4.69, 9.17) is 0 Å². The fraction of sp³-hybridized carbons (Fsp3) is 0.643. The monoisotopic (exact) mass is 235 g/mol. The highest BCUT2D eigenvalue weighted by Gasteiger charge is 2.05. The zero-order valence-electron chi connectivity index (χ0n) is 11.7. The van der Waals surface area contributed by atoms with E-state index in [9.17, 15) is 0 Å². The first kappa shape index (κ1) is 14.0. The highest BCUT2D eigenvalue weighted by atomic mass is 15.0. The van der Waals surface area contributed by atoms with E-state index in [0.717, 1.165) is 24.6 Å². The van der Waals surface area contributed by atoms with Gasteiger partial charge in [0.15, 0.2) is 0 Å². The van der Waals surface area contributed by atoms with Crippen LogP contribution in [0, 0.1) is 5.92 Å². The predicted octanol–water partition coefficient (Wildman–Crippen LogP) is 2.99. The van der Waals surface area contributed by atoms with Crippen molar-refractivity contribution >= 4 is 5.82 Å². The molecule has 1 aromatic heterocycles. The minimum Gasteiger partial charge on any atom is -0.373 e. The van der Waals surface area contributed by atoms with E-state index in [1.807, 2.05) is 7.05 Å². The van der Waals surface area contributed by atoms with Gasteiger partial charge in [0, 0.05) is 19.3 Å². The molecule has 0 saturated carbocycles. The Morgan fingerprint density at radius 3 is 2.41 bits per heavy atom. The van der Waals surface area contributed by atoms with Crippen molar-refractivity contribution in [3.63, 3.8) is 0 Å². The van der Waals surface area contributed by atoms with Gasteiger partial charge in [-0.25, -0.2) is 4.98 Å². The summed E-state index contributed by atoms with van der Waals surface area (Å²) in [4.78, 5) is 4.56. The lowest BCUT2D eigenvalue weighted by molar-refractivity contribution is 0.552. The smallest absolute Gasteiger partial charge is 0.126 e. The summed E-state index contributed by atoms with van der Waals surface area (Å²) < 4.78 is 0. The molecule has 0 saturated heterocycles. The lowest BCUT2D eigenvalue weighted by Gasteiger charge is -2.12. The second-order valence-corrected chi connectivity index (χ2v) is 5.21. The second-order valence-electron chi connectivity index (χ2n) is 5.21. The van der Waals surface area contributed by atoms with Gasteiger partial charge in [0.2, 0.25) is 0 Å². The topological polar surface area (TPSA) is 37.0 Å². The molecule has 0 aliphatic rings. The van der Waals surface area contributed by atoms with E-state index < -0.39 is 0 Å². The number of aromatic nitrogens is 1. The van der Waals surface area contributed by atoms with Crippen LogP contribution in [0.5, 0.6) is 0 Å². The molecular formula is C14H25N3. The molecule has 3 heteroatoms. The molecule has 0 atom stereocenters. The van der Waals surface area contributed by atoms with Gasteiger partial charge in [-0.1, -0.05) is 27.7 Å². The highest BCUT2D eigenvalue weighted by molar-refractivity contribution is 5.39. The first-order valence-electron chi connectivity index (χ1n) is 6.42. The zero-order valence-corrected chi connectivity index (χ0v) is 11.7. The summed E-state index contributed by atoms with van der Waals surface area (Å²) in [5, 5.41) is 6.59. The summed E-state index contributed by atoms with van der Waals surface area (Å²) in [6.07, 6.45) is 0. The Labute approximate surface area is 105 Å². The second kappa shape index (κ2) is 6.60. The molecule has 2 N–H and O–H groups in total. The van der Waals surface area contributed by atoms with E-state index in [2.05, 4.69) is 55.4 Å². The van der Waals surface area contributed by atoms with Crippen LogP contribution in [-0.2, 0) is 6.54 Å². The molecule has 96 valence electrons. The Morgan fingerprint density at radius 1 is 1.18 bits per heavy atom. The molecule has 0 aliphatic carbocycles. The maximum absolute atomic E-state index is 4.56. The first-order chi connectivity index (χ1) is 8.02. The molecule has 0 unspecified atom stereocenters. The van der Waals surface area contributed by atoms with Crippen LogP contribution in [0.1, 0.15) is 44.9 Å². The van der Waals surface area contributed by atoms with E-state index in [-0.39, 0.29) is 0 Å². The fourth-order valence-corrected chi connectivity index (χ4v) is 1.64. The minimum absolute atomic E-state index is 0.465. The van der Waals surface area contributed by atoms with Gasteiger partial charge in [0.05, 0.1) is 0 Å². The molecule has 1 heterocycles. The Balaban J connectivity index is 2.73. The molecule has 0 spiro atoms. The zero-order chi connectivity index (χ0) is 12.8. The molecular weight excluding hydrogens is 210 g/mol. The van der Waals surface area contributed by atoms with Gasteiger partial charge in [-0.15, -0.1) is 0 Å². The summed E-state index contributed by atoms with van der Waals surface area (Å²) in [5.74, 6) is 2.11. The number of anilines is 1. The van der Waals surface area contributed by atoms with Crippen molar-refractivity contribution < 1.29 is 0 Å². The standard InChI is InChI=1S/C14H25N3/c1-10(2)8-16-9-12-6-13(11(3)4)17-14(7-12)15-5/h6-7,10-11,16H,8-9H2,1-5H3,(H,15,17). The van der Waals surface area contributed by atoms with Crippen molar-refractivity contribution in [2.24, 2.45) is 5.92 Å². The predicted molar refractivity (Wildman–Crippen MR) is 74.4 cm³/mol. The number of hydrogen-bond acceptors (Lipinski definition) is 3. The van der Waals surface area contributed by atoms with Gasteiger partial charge in [-0.05, 0) is 36.1 Å². The number of nitrogens with one attached hydrogen (secondary N) is 2. The van der Waals surface area contributed by atoms with Gasteiger partial charge in [-0.2, -0.15) is 0 Å². The van der Waals surface area contributed by atoms with Crippen LogP contribution in [-0.4, -0.2) is 18.6 Å². The van der Waals surface area contributed by atoms with E-state index in [1.165, 1.54) is 5.56 Å². The Bertz CT molecular complexity index is 345. The third kappa shape index (κ3) is 4.73. The van der Waals surface area contributed by atoms with Gasteiger partial charge in [0.1, 0.15) is 5.82 Å². The van der Waals surface area contributed by atoms with Gasteiger partial charge < -0.3 is 10.6 Å². The van der Waals surface area contributed by atoms with Crippen molar-refractivity contribution in [3.8, 4) is 0 Å². The number of nitrogens with zero attached hydrogens (tertiary/aromatic N) is 1. The van der Waals surface area contributed by atoms with Crippen molar-refractivity contribution in [2.75, 3.05) is 18.9 Å². The van der Waals surface area contributed by atoms with Gasteiger partial charge >= 0.3 is 0 Å². The van der Waals surface area contributed by atoms with Crippen LogP contribution in [0.4, 0.5) is 5.82 Å². The number of hydrogen-bond donors (Lipinski definition) is 2. The molecule has 0 bridgehead atoms. The largest absolute Gasteiger partial charge is 0.373 e. The third-order valence-electron chi connectivity index (χ3n) is 2.63. The minimum atomic E-state index is 0.465. The summed E-state index contributed by atoms with van der Waals surface area (Å²) >= 11 is 0. The van der Waals surface area contributed by atoms with Crippen LogP contribution in [0.2, 0.25) is 0 Å². The Kier molecular flexibility index (Phi) is 5.42. The molecule has 0 fully saturated rings. The lowest BCUT2D eigenvalue weighted by atomic mass is 10.1. The maximum atomic E-state index is 4.56. The van der Waals surface area contributed by atoms with Crippen LogP contribution >= 0.6 is 0 Å². The van der Waals surface area contributed by atoms with Crippen LogP contribution in [0.15, 0.2) is 12.1 Å². The van der Waals surface area contributed by atoms with Crippen molar-refractivity contribution in [3.05, 3.63) is 23.4 Å². The number of pyridine rings is 1. The van der Waals surface area contributed by atoms with E-state index in [0.29, 0.717) is 11.8 Å². The van der Waals surface area contributed by atoms with Crippen molar-refractivity contribution in [1.82, 2.24) is 10.3 Å². The summed E-state index contributed by atoms with van der Waals surface area (Å²) in [5.41, 5.74) is 2.45. The van der Waals surface area contributed by atoms with E-state index >= 15 is 0 Å². The maximum Gasteiger partial charge on any atom is 0.126 e. The molecule has 0 amide bonds. The Hall–Kier alpha value is -1.09. The molecule has 0 aliphatic heterocycles. The molecule has 1 rings (SSSR count). The number of rotatable bonds is 6. The first-order valence-corrected chi connectivity index (χ1v) is 6.42. The van der Waals surface area contributed by atoms with Crippen LogP contribution in [0.25, 0.3) is 0 Å². The normalized spacial score (nSPS) is 11.2.